The fourth-order valence-electron chi connectivity index (χ4n) is 3.38. The van der Waals surface area contributed by atoms with Crippen LogP contribution < -0.4 is 0 Å². The predicted octanol–water partition coefficient (Wildman–Crippen LogP) is 1.67. The molecule has 1 saturated carbocycles. The standard InChI is InChI=1S/C14H20N2O/c17-14-12-2-1-3-13(14)10-16(9-12)8-11-4-6-15-7-5-11/h4-7,12-14,17H,1-3,8-10H2. The van der Waals surface area contributed by atoms with Gasteiger partial charge in [0.1, 0.15) is 0 Å². The number of rotatable bonds is 2. The second-order valence-electron chi connectivity index (χ2n) is 5.49. The van der Waals surface area contributed by atoms with Gasteiger partial charge in [-0.3, -0.25) is 9.88 Å². The molecule has 1 aliphatic heterocycles. The zero-order valence-electron chi connectivity index (χ0n) is 10.1. The molecule has 2 bridgehead atoms. The lowest BCUT2D eigenvalue weighted by atomic mass is 9.75. The zero-order valence-corrected chi connectivity index (χ0v) is 10.1. The zero-order chi connectivity index (χ0) is 11.7. The number of aliphatic hydroxyl groups excluding tert-OH is 1. The van der Waals surface area contributed by atoms with E-state index in [1.165, 1.54) is 24.8 Å². The number of hydrogen-bond acceptors (Lipinski definition) is 3. The monoisotopic (exact) mass is 232 g/mol. The molecule has 3 rings (SSSR count). The first-order chi connectivity index (χ1) is 8.33. The molecule has 1 N–H and O–H groups in total. The third kappa shape index (κ3) is 2.35. The average molecular weight is 232 g/mol. The van der Waals surface area contributed by atoms with Crippen LogP contribution in [0, 0.1) is 11.8 Å². The van der Waals surface area contributed by atoms with Crippen LogP contribution in [-0.4, -0.2) is 34.2 Å². The van der Waals surface area contributed by atoms with Crippen molar-refractivity contribution in [3.63, 3.8) is 0 Å². The van der Waals surface area contributed by atoms with Gasteiger partial charge in [-0.15, -0.1) is 0 Å². The van der Waals surface area contributed by atoms with Crippen molar-refractivity contribution >= 4 is 0 Å². The molecule has 3 nitrogen and oxygen atoms in total. The highest BCUT2D eigenvalue weighted by Crippen LogP contribution is 2.35. The molecule has 2 fully saturated rings. The van der Waals surface area contributed by atoms with Crippen molar-refractivity contribution in [2.75, 3.05) is 13.1 Å². The summed E-state index contributed by atoms with van der Waals surface area (Å²) in [6.45, 7) is 3.11. The Morgan fingerprint density at radius 3 is 2.47 bits per heavy atom. The van der Waals surface area contributed by atoms with Crippen LogP contribution in [0.25, 0.3) is 0 Å². The molecule has 1 aliphatic carbocycles. The Hall–Kier alpha value is -0.930. The molecule has 2 unspecified atom stereocenters. The Kier molecular flexibility index (Phi) is 3.12. The lowest BCUT2D eigenvalue weighted by Gasteiger charge is -2.45. The van der Waals surface area contributed by atoms with Crippen molar-refractivity contribution < 1.29 is 5.11 Å². The minimum Gasteiger partial charge on any atom is -0.392 e. The summed E-state index contributed by atoms with van der Waals surface area (Å²) >= 11 is 0. The number of hydrogen-bond donors (Lipinski definition) is 1. The van der Waals surface area contributed by atoms with E-state index < -0.39 is 0 Å². The maximum absolute atomic E-state index is 10.1. The summed E-state index contributed by atoms with van der Waals surface area (Å²) < 4.78 is 0. The van der Waals surface area contributed by atoms with Gasteiger partial charge in [0.15, 0.2) is 0 Å². The molecule has 3 heteroatoms. The largest absolute Gasteiger partial charge is 0.392 e. The number of pyridine rings is 1. The Bertz CT molecular complexity index is 354. The van der Waals surface area contributed by atoms with Crippen molar-refractivity contribution in [3.8, 4) is 0 Å². The van der Waals surface area contributed by atoms with E-state index in [1.54, 1.807) is 0 Å². The molecule has 92 valence electrons. The van der Waals surface area contributed by atoms with E-state index in [0.717, 1.165) is 19.6 Å². The molecule has 0 amide bonds. The molecule has 1 saturated heterocycles. The summed E-state index contributed by atoms with van der Waals surface area (Å²) in [6, 6.07) is 4.17. The van der Waals surface area contributed by atoms with E-state index in [4.69, 9.17) is 0 Å². The first kappa shape index (κ1) is 11.2. The molecule has 0 aromatic carbocycles. The molecule has 2 atom stereocenters. The summed E-state index contributed by atoms with van der Waals surface area (Å²) in [5.41, 5.74) is 1.33. The highest BCUT2D eigenvalue weighted by atomic mass is 16.3. The lowest BCUT2D eigenvalue weighted by Crippen LogP contribution is -2.51. The van der Waals surface area contributed by atoms with Gasteiger partial charge in [-0.2, -0.15) is 0 Å². The van der Waals surface area contributed by atoms with Gasteiger partial charge in [0.25, 0.3) is 0 Å². The second kappa shape index (κ2) is 4.75. The van der Waals surface area contributed by atoms with Gasteiger partial charge >= 0.3 is 0 Å². The first-order valence-electron chi connectivity index (χ1n) is 6.62. The van der Waals surface area contributed by atoms with Gasteiger partial charge in [0.2, 0.25) is 0 Å². The summed E-state index contributed by atoms with van der Waals surface area (Å²) in [6.07, 6.45) is 7.37. The second-order valence-corrected chi connectivity index (χ2v) is 5.49. The van der Waals surface area contributed by atoms with Crippen LogP contribution in [0.3, 0.4) is 0 Å². The molecule has 2 aliphatic rings. The van der Waals surface area contributed by atoms with E-state index >= 15 is 0 Å². The molecule has 1 aromatic heterocycles. The molecular weight excluding hydrogens is 212 g/mol. The first-order valence-corrected chi connectivity index (χ1v) is 6.62. The van der Waals surface area contributed by atoms with Gasteiger partial charge in [0.05, 0.1) is 6.10 Å². The van der Waals surface area contributed by atoms with E-state index in [2.05, 4.69) is 22.0 Å². The van der Waals surface area contributed by atoms with Crippen molar-refractivity contribution in [1.82, 2.24) is 9.88 Å². The highest BCUT2D eigenvalue weighted by molar-refractivity contribution is 5.10. The van der Waals surface area contributed by atoms with E-state index in [-0.39, 0.29) is 6.10 Å². The van der Waals surface area contributed by atoms with Gasteiger partial charge in [-0.05, 0) is 42.4 Å². The van der Waals surface area contributed by atoms with Crippen LogP contribution in [0.1, 0.15) is 24.8 Å². The van der Waals surface area contributed by atoms with Gasteiger partial charge < -0.3 is 5.11 Å². The molecule has 1 aromatic rings. The van der Waals surface area contributed by atoms with Crippen LogP contribution in [0.5, 0.6) is 0 Å². The van der Waals surface area contributed by atoms with E-state index in [1.807, 2.05) is 12.4 Å². The van der Waals surface area contributed by atoms with Crippen LogP contribution in [0.4, 0.5) is 0 Å². The van der Waals surface area contributed by atoms with Crippen LogP contribution in [0.2, 0.25) is 0 Å². The van der Waals surface area contributed by atoms with E-state index in [9.17, 15) is 5.11 Å². The summed E-state index contributed by atoms with van der Waals surface area (Å²) in [4.78, 5) is 6.55. The maximum atomic E-state index is 10.1. The Morgan fingerprint density at radius 2 is 1.82 bits per heavy atom. The Labute approximate surface area is 102 Å². The molecular formula is C14H20N2O. The molecule has 17 heavy (non-hydrogen) atoms. The lowest BCUT2D eigenvalue weighted by molar-refractivity contribution is -0.0517. The molecule has 0 radical (unpaired) electrons. The number of aromatic nitrogens is 1. The number of fused-ring (bicyclic) bond motifs is 2. The highest BCUT2D eigenvalue weighted by Gasteiger charge is 2.37. The predicted molar refractivity (Wildman–Crippen MR) is 66.4 cm³/mol. The summed E-state index contributed by atoms with van der Waals surface area (Å²) in [5.74, 6) is 1.01. The van der Waals surface area contributed by atoms with Crippen molar-refractivity contribution in [2.45, 2.75) is 31.9 Å². The Morgan fingerprint density at radius 1 is 1.18 bits per heavy atom. The molecule has 2 heterocycles. The third-order valence-electron chi connectivity index (χ3n) is 4.26. The fraction of sp³-hybridized carbons (Fsp3) is 0.643. The van der Waals surface area contributed by atoms with Crippen molar-refractivity contribution in [2.24, 2.45) is 11.8 Å². The normalized spacial score (nSPS) is 33.6. The SMILES string of the molecule is OC1C2CCCC1CN(Cc1ccncc1)C2. The van der Waals surface area contributed by atoms with Crippen LogP contribution in [-0.2, 0) is 6.54 Å². The van der Waals surface area contributed by atoms with Crippen LogP contribution >= 0.6 is 0 Å². The van der Waals surface area contributed by atoms with Crippen LogP contribution in [0.15, 0.2) is 24.5 Å². The summed E-state index contributed by atoms with van der Waals surface area (Å²) in [5, 5.41) is 10.1. The van der Waals surface area contributed by atoms with Gasteiger partial charge in [0, 0.05) is 32.0 Å². The quantitative estimate of drug-likeness (QED) is 0.842. The minimum atomic E-state index is -0.0440. The molecule has 0 spiro atoms. The number of nitrogens with zero attached hydrogens (tertiary/aromatic N) is 2. The maximum Gasteiger partial charge on any atom is 0.0620 e. The fourth-order valence-corrected chi connectivity index (χ4v) is 3.38. The van der Waals surface area contributed by atoms with Gasteiger partial charge in [-0.25, -0.2) is 0 Å². The average Bonchev–Trinajstić information content (AvgIpc) is 2.32. The Balaban J connectivity index is 1.66. The third-order valence-corrected chi connectivity index (χ3v) is 4.26. The summed E-state index contributed by atoms with van der Waals surface area (Å²) in [7, 11) is 0. The van der Waals surface area contributed by atoms with Gasteiger partial charge in [-0.1, -0.05) is 6.42 Å². The van der Waals surface area contributed by atoms with Crippen molar-refractivity contribution in [1.29, 1.82) is 0 Å². The van der Waals surface area contributed by atoms with E-state index in [0.29, 0.717) is 11.8 Å². The van der Waals surface area contributed by atoms with Crippen molar-refractivity contribution in [3.05, 3.63) is 30.1 Å². The topological polar surface area (TPSA) is 36.4 Å². The minimum absolute atomic E-state index is 0.0440. The number of piperidine rings is 1. The smallest absolute Gasteiger partial charge is 0.0620 e. The number of likely N-dealkylation sites (tertiary alicyclic amines) is 1. The number of aliphatic hydroxyl groups is 1.